The zero-order chi connectivity index (χ0) is 11.2. The van der Waals surface area contributed by atoms with Crippen molar-refractivity contribution in [3.05, 3.63) is 0 Å². The highest BCUT2D eigenvalue weighted by atomic mass is 16.5. The molecular formula is C12H22N2O2. The van der Waals surface area contributed by atoms with E-state index in [0.717, 1.165) is 39.0 Å². The maximum atomic E-state index is 11.7. The summed E-state index contributed by atoms with van der Waals surface area (Å²) in [7, 11) is 0. The van der Waals surface area contributed by atoms with Crippen LogP contribution in [0.2, 0.25) is 0 Å². The Kier molecular flexibility index (Phi) is 4.60. The van der Waals surface area contributed by atoms with Crippen molar-refractivity contribution in [1.82, 2.24) is 10.2 Å². The van der Waals surface area contributed by atoms with Crippen LogP contribution in [0.1, 0.15) is 32.1 Å². The van der Waals surface area contributed by atoms with Gasteiger partial charge in [-0.15, -0.1) is 0 Å². The number of likely N-dealkylation sites (tertiary alicyclic amines) is 1. The molecule has 16 heavy (non-hydrogen) atoms. The molecule has 2 rings (SSSR count). The number of esters is 1. The van der Waals surface area contributed by atoms with Gasteiger partial charge in [0.15, 0.2) is 0 Å². The van der Waals surface area contributed by atoms with Crippen LogP contribution in [-0.2, 0) is 9.53 Å². The molecule has 0 saturated carbocycles. The molecule has 2 aliphatic rings. The van der Waals surface area contributed by atoms with Crippen molar-refractivity contribution >= 4 is 5.97 Å². The lowest BCUT2D eigenvalue weighted by molar-refractivity contribution is -0.151. The minimum absolute atomic E-state index is 0.0335. The Hall–Kier alpha value is -0.610. The molecule has 2 aliphatic heterocycles. The number of hydrogen-bond donors (Lipinski definition) is 1. The van der Waals surface area contributed by atoms with Crippen LogP contribution in [0.25, 0.3) is 0 Å². The van der Waals surface area contributed by atoms with Crippen LogP contribution in [0.3, 0.4) is 0 Å². The zero-order valence-corrected chi connectivity index (χ0v) is 9.91. The average Bonchev–Trinajstić information content (AvgIpc) is 2.31. The predicted octanol–water partition coefficient (Wildman–Crippen LogP) is 0.767. The molecule has 0 aromatic rings. The Labute approximate surface area is 97.3 Å². The third-order valence-corrected chi connectivity index (χ3v) is 3.39. The summed E-state index contributed by atoms with van der Waals surface area (Å²) in [4.78, 5) is 13.9. The molecular weight excluding hydrogens is 204 g/mol. The first-order chi connectivity index (χ1) is 7.84. The van der Waals surface area contributed by atoms with Crippen molar-refractivity contribution in [1.29, 1.82) is 0 Å². The molecule has 0 bridgehead atoms. The van der Waals surface area contributed by atoms with E-state index in [2.05, 4.69) is 10.2 Å². The Morgan fingerprint density at radius 3 is 2.56 bits per heavy atom. The molecule has 0 aromatic carbocycles. The fraction of sp³-hybridized carbons (Fsp3) is 0.917. The number of carbonyl (C=O) groups excluding carboxylic acids is 1. The van der Waals surface area contributed by atoms with Crippen LogP contribution in [0.5, 0.6) is 0 Å². The minimum atomic E-state index is -0.0335. The van der Waals surface area contributed by atoms with Gasteiger partial charge in [0.05, 0.1) is 6.54 Å². The number of ether oxygens (including phenoxy) is 1. The third-order valence-electron chi connectivity index (χ3n) is 3.39. The Balaban J connectivity index is 1.66. The van der Waals surface area contributed by atoms with Gasteiger partial charge in [-0.25, -0.2) is 0 Å². The lowest BCUT2D eigenvalue weighted by atomic mass is 10.1. The number of piperidine rings is 2. The highest BCUT2D eigenvalue weighted by Gasteiger charge is 2.20. The summed E-state index contributed by atoms with van der Waals surface area (Å²) in [6, 6.07) is 0. The van der Waals surface area contributed by atoms with Gasteiger partial charge in [-0.3, -0.25) is 9.69 Å². The maximum absolute atomic E-state index is 11.7. The summed E-state index contributed by atoms with van der Waals surface area (Å²) in [5.74, 6) is -0.0335. The smallest absolute Gasteiger partial charge is 0.320 e. The number of rotatable bonds is 3. The van der Waals surface area contributed by atoms with Gasteiger partial charge >= 0.3 is 5.97 Å². The molecule has 0 unspecified atom stereocenters. The van der Waals surface area contributed by atoms with E-state index in [1.54, 1.807) is 0 Å². The molecule has 4 nitrogen and oxygen atoms in total. The molecule has 0 radical (unpaired) electrons. The van der Waals surface area contributed by atoms with Gasteiger partial charge in [-0.2, -0.15) is 0 Å². The minimum Gasteiger partial charge on any atom is -0.461 e. The number of hydrogen-bond acceptors (Lipinski definition) is 4. The van der Waals surface area contributed by atoms with E-state index in [-0.39, 0.29) is 12.1 Å². The van der Waals surface area contributed by atoms with Crippen LogP contribution < -0.4 is 5.32 Å². The van der Waals surface area contributed by atoms with Crippen molar-refractivity contribution < 1.29 is 9.53 Å². The van der Waals surface area contributed by atoms with Crippen molar-refractivity contribution in [2.45, 2.75) is 38.2 Å². The predicted molar refractivity (Wildman–Crippen MR) is 62.3 cm³/mol. The monoisotopic (exact) mass is 226 g/mol. The fourth-order valence-electron chi connectivity index (χ4n) is 2.44. The SMILES string of the molecule is O=C(CN1CCCCC1)OC1CCNCC1. The van der Waals surface area contributed by atoms with Crippen molar-refractivity contribution in [3.63, 3.8) is 0 Å². The van der Waals surface area contributed by atoms with Crippen LogP contribution in [0, 0.1) is 0 Å². The van der Waals surface area contributed by atoms with E-state index >= 15 is 0 Å². The molecule has 2 fully saturated rings. The summed E-state index contributed by atoms with van der Waals surface area (Å²) >= 11 is 0. The number of nitrogens with zero attached hydrogens (tertiary/aromatic N) is 1. The summed E-state index contributed by atoms with van der Waals surface area (Å²) in [5, 5.41) is 3.27. The van der Waals surface area contributed by atoms with Crippen molar-refractivity contribution in [3.8, 4) is 0 Å². The Bertz CT molecular complexity index is 199. The van der Waals surface area contributed by atoms with E-state index in [1.807, 2.05) is 0 Å². The lowest BCUT2D eigenvalue weighted by Gasteiger charge is -2.27. The highest BCUT2D eigenvalue weighted by Crippen LogP contribution is 2.10. The van der Waals surface area contributed by atoms with E-state index in [4.69, 9.17) is 4.74 Å². The molecule has 0 aromatic heterocycles. The highest BCUT2D eigenvalue weighted by molar-refractivity contribution is 5.71. The molecule has 2 saturated heterocycles. The van der Waals surface area contributed by atoms with Gasteiger partial charge in [0.1, 0.15) is 6.10 Å². The Morgan fingerprint density at radius 2 is 1.88 bits per heavy atom. The topological polar surface area (TPSA) is 41.6 Å². The summed E-state index contributed by atoms with van der Waals surface area (Å²) in [6.07, 6.45) is 5.83. The summed E-state index contributed by atoms with van der Waals surface area (Å²) < 4.78 is 5.47. The van der Waals surface area contributed by atoms with Crippen molar-refractivity contribution in [2.75, 3.05) is 32.7 Å². The second-order valence-corrected chi connectivity index (χ2v) is 4.78. The summed E-state index contributed by atoms with van der Waals surface area (Å²) in [6.45, 7) is 4.55. The lowest BCUT2D eigenvalue weighted by Crippen LogP contribution is -2.39. The van der Waals surface area contributed by atoms with Gasteiger partial charge in [0.25, 0.3) is 0 Å². The average molecular weight is 226 g/mol. The maximum Gasteiger partial charge on any atom is 0.320 e. The summed E-state index contributed by atoms with van der Waals surface area (Å²) in [5.41, 5.74) is 0. The van der Waals surface area contributed by atoms with E-state index in [0.29, 0.717) is 6.54 Å². The molecule has 0 amide bonds. The van der Waals surface area contributed by atoms with Gasteiger partial charge in [0, 0.05) is 0 Å². The van der Waals surface area contributed by atoms with Crippen LogP contribution >= 0.6 is 0 Å². The Morgan fingerprint density at radius 1 is 1.19 bits per heavy atom. The third kappa shape index (κ3) is 3.76. The first-order valence-corrected chi connectivity index (χ1v) is 6.47. The largest absolute Gasteiger partial charge is 0.461 e. The normalized spacial score (nSPS) is 24.2. The van der Waals surface area contributed by atoms with Gasteiger partial charge < -0.3 is 10.1 Å². The van der Waals surface area contributed by atoms with Crippen LogP contribution in [0.15, 0.2) is 0 Å². The van der Waals surface area contributed by atoms with Crippen LogP contribution in [0.4, 0.5) is 0 Å². The quantitative estimate of drug-likeness (QED) is 0.722. The first-order valence-electron chi connectivity index (χ1n) is 6.47. The fourth-order valence-corrected chi connectivity index (χ4v) is 2.44. The number of carbonyl (C=O) groups is 1. The van der Waals surface area contributed by atoms with Crippen molar-refractivity contribution in [2.24, 2.45) is 0 Å². The molecule has 0 atom stereocenters. The zero-order valence-electron chi connectivity index (χ0n) is 9.91. The number of nitrogens with one attached hydrogen (secondary N) is 1. The second kappa shape index (κ2) is 6.21. The van der Waals surface area contributed by atoms with E-state index < -0.39 is 0 Å². The second-order valence-electron chi connectivity index (χ2n) is 4.78. The molecule has 92 valence electrons. The first kappa shape index (κ1) is 11.9. The van der Waals surface area contributed by atoms with E-state index in [9.17, 15) is 4.79 Å². The molecule has 0 spiro atoms. The standard InChI is InChI=1S/C12H22N2O2/c15-12(10-14-8-2-1-3-9-14)16-11-4-6-13-7-5-11/h11,13H,1-10H2. The molecule has 2 heterocycles. The molecule has 0 aliphatic carbocycles. The van der Waals surface area contributed by atoms with Crippen LogP contribution in [-0.4, -0.2) is 49.7 Å². The molecule has 1 N–H and O–H groups in total. The van der Waals surface area contributed by atoms with Gasteiger partial charge in [-0.05, 0) is 51.9 Å². The van der Waals surface area contributed by atoms with Gasteiger partial charge in [-0.1, -0.05) is 6.42 Å². The van der Waals surface area contributed by atoms with Gasteiger partial charge in [0.2, 0.25) is 0 Å². The van der Waals surface area contributed by atoms with E-state index in [1.165, 1.54) is 19.3 Å². The molecule has 4 heteroatoms.